The number of hydrogen-bond donors (Lipinski definition) is 0. The van der Waals surface area contributed by atoms with Crippen molar-refractivity contribution in [3.63, 3.8) is 0 Å². The van der Waals surface area contributed by atoms with Crippen molar-refractivity contribution in [3.8, 4) is 11.1 Å². The first kappa shape index (κ1) is 9.22. The summed E-state index contributed by atoms with van der Waals surface area (Å²) in [5.74, 6) is -0.225. The summed E-state index contributed by atoms with van der Waals surface area (Å²) >= 11 is 5.76. The molecule has 2 aromatic carbocycles. The average Bonchev–Trinajstić information content (AvgIpc) is 2.19. The van der Waals surface area contributed by atoms with Crippen molar-refractivity contribution in [1.82, 2.24) is 0 Å². The molecule has 0 amide bonds. The molecule has 0 heterocycles. The second-order valence-corrected chi connectivity index (χ2v) is 3.45. The fourth-order valence-electron chi connectivity index (χ4n) is 1.31. The highest BCUT2D eigenvalue weighted by Crippen LogP contribution is 2.21. The molecule has 14 heavy (non-hydrogen) atoms. The molecule has 0 aromatic heterocycles. The molecule has 0 aliphatic rings. The maximum atomic E-state index is 12.9. The molecule has 2 rings (SSSR count). The zero-order valence-electron chi connectivity index (χ0n) is 7.37. The van der Waals surface area contributed by atoms with Gasteiger partial charge in [-0.15, -0.1) is 0 Å². The van der Waals surface area contributed by atoms with Gasteiger partial charge in [-0.1, -0.05) is 35.9 Å². The van der Waals surface area contributed by atoms with Crippen LogP contribution in [0.1, 0.15) is 0 Å². The van der Waals surface area contributed by atoms with E-state index in [0.29, 0.717) is 5.02 Å². The largest absolute Gasteiger partial charge is 0.207 e. The van der Waals surface area contributed by atoms with Gasteiger partial charge < -0.3 is 0 Å². The van der Waals surface area contributed by atoms with Gasteiger partial charge in [0.1, 0.15) is 5.82 Å². The second-order valence-electron chi connectivity index (χ2n) is 3.02. The van der Waals surface area contributed by atoms with Crippen LogP contribution in [0.3, 0.4) is 0 Å². The van der Waals surface area contributed by atoms with Crippen molar-refractivity contribution in [2.45, 2.75) is 0 Å². The summed E-state index contributed by atoms with van der Waals surface area (Å²) in [6.07, 6.45) is 0. The van der Waals surface area contributed by atoms with Gasteiger partial charge in [-0.3, -0.25) is 0 Å². The summed E-state index contributed by atoms with van der Waals surface area (Å²) in [6.45, 7) is 0. The van der Waals surface area contributed by atoms with Crippen molar-refractivity contribution in [1.29, 1.82) is 0 Å². The molecule has 0 spiro atoms. The maximum Gasteiger partial charge on any atom is 0.123 e. The lowest BCUT2D eigenvalue weighted by Gasteiger charge is -2.01. The summed E-state index contributed by atoms with van der Waals surface area (Å²) in [4.78, 5) is 0. The van der Waals surface area contributed by atoms with Crippen LogP contribution in [-0.4, -0.2) is 0 Å². The van der Waals surface area contributed by atoms with Crippen molar-refractivity contribution < 1.29 is 4.39 Å². The molecule has 0 nitrogen and oxygen atoms in total. The Kier molecular flexibility index (Phi) is 2.51. The second kappa shape index (κ2) is 3.81. The normalized spacial score (nSPS) is 10.1. The van der Waals surface area contributed by atoms with Crippen molar-refractivity contribution in [3.05, 3.63) is 59.4 Å². The number of halogens is 2. The molecule has 0 aliphatic heterocycles. The van der Waals surface area contributed by atoms with Crippen molar-refractivity contribution in [2.75, 3.05) is 0 Å². The molecule has 2 heteroatoms. The molecule has 2 aromatic rings. The minimum Gasteiger partial charge on any atom is -0.207 e. The third-order valence-electron chi connectivity index (χ3n) is 2.00. The van der Waals surface area contributed by atoms with Crippen LogP contribution in [0.15, 0.2) is 48.5 Å². The molecule has 0 radical (unpaired) electrons. The highest BCUT2D eigenvalue weighted by atomic mass is 35.5. The van der Waals surface area contributed by atoms with Crippen LogP contribution in [-0.2, 0) is 0 Å². The minimum absolute atomic E-state index is 0.225. The SMILES string of the molecule is Fc1cccc(-c2ccc(Cl)cc2)c1. The lowest BCUT2D eigenvalue weighted by Crippen LogP contribution is -1.78. The van der Waals surface area contributed by atoms with E-state index in [9.17, 15) is 4.39 Å². The Morgan fingerprint density at radius 3 is 2.21 bits per heavy atom. The van der Waals surface area contributed by atoms with E-state index in [1.54, 1.807) is 18.2 Å². The number of benzene rings is 2. The van der Waals surface area contributed by atoms with Gasteiger partial charge in [0.05, 0.1) is 0 Å². The number of rotatable bonds is 1. The van der Waals surface area contributed by atoms with Crippen molar-refractivity contribution >= 4 is 11.6 Å². The van der Waals surface area contributed by atoms with Crippen LogP contribution >= 0.6 is 11.6 Å². The molecule has 0 saturated carbocycles. The molecule has 0 aliphatic carbocycles. The summed E-state index contributed by atoms with van der Waals surface area (Å²) in [5.41, 5.74) is 1.83. The van der Waals surface area contributed by atoms with E-state index in [1.165, 1.54) is 12.1 Å². The third kappa shape index (κ3) is 1.94. The fourth-order valence-corrected chi connectivity index (χ4v) is 1.44. The van der Waals surface area contributed by atoms with Crippen LogP contribution < -0.4 is 0 Å². The van der Waals surface area contributed by atoms with E-state index in [0.717, 1.165) is 11.1 Å². The van der Waals surface area contributed by atoms with Gasteiger partial charge in [0.25, 0.3) is 0 Å². The first-order chi connectivity index (χ1) is 6.75. The van der Waals surface area contributed by atoms with E-state index >= 15 is 0 Å². The summed E-state index contributed by atoms with van der Waals surface area (Å²) in [5, 5.41) is 0.685. The first-order valence-electron chi connectivity index (χ1n) is 4.27. The first-order valence-corrected chi connectivity index (χ1v) is 4.65. The molecule has 0 unspecified atom stereocenters. The Morgan fingerprint density at radius 1 is 0.857 bits per heavy atom. The van der Waals surface area contributed by atoms with Gasteiger partial charge in [-0.05, 0) is 35.4 Å². The Morgan fingerprint density at radius 2 is 1.57 bits per heavy atom. The van der Waals surface area contributed by atoms with Gasteiger partial charge in [0.2, 0.25) is 0 Å². The highest BCUT2D eigenvalue weighted by Gasteiger charge is 1.98. The predicted molar refractivity (Wildman–Crippen MR) is 56.8 cm³/mol. The van der Waals surface area contributed by atoms with Crippen LogP contribution in [0.2, 0.25) is 5.02 Å². The van der Waals surface area contributed by atoms with E-state index in [-0.39, 0.29) is 5.82 Å². The topological polar surface area (TPSA) is 0 Å². The van der Waals surface area contributed by atoms with Crippen LogP contribution in [0.4, 0.5) is 4.39 Å². The summed E-state index contributed by atoms with van der Waals surface area (Å²) in [7, 11) is 0. The molecule has 70 valence electrons. The van der Waals surface area contributed by atoms with E-state index in [2.05, 4.69) is 0 Å². The maximum absolute atomic E-state index is 12.9. The lowest BCUT2D eigenvalue weighted by atomic mass is 10.1. The van der Waals surface area contributed by atoms with E-state index in [4.69, 9.17) is 11.6 Å². The highest BCUT2D eigenvalue weighted by molar-refractivity contribution is 6.30. The van der Waals surface area contributed by atoms with E-state index in [1.807, 2.05) is 18.2 Å². The molecule has 0 bridgehead atoms. The summed E-state index contributed by atoms with van der Waals surface area (Å²) < 4.78 is 12.9. The Hall–Kier alpha value is -1.34. The molecule has 0 atom stereocenters. The van der Waals surface area contributed by atoms with Gasteiger partial charge in [0.15, 0.2) is 0 Å². The quantitative estimate of drug-likeness (QED) is 0.658. The smallest absolute Gasteiger partial charge is 0.123 e. The molecule has 0 saturated heterocycles. The fraction of sp³-hybridized carbons (Fsp3) is 0. The monoisotopic (exact) mass is 206 g/mol. The average molecular weight is 207 g/mol. The molecule has 0 N–H and O–H groups in total. The predicted octanol–water partition coefficient (Wildman–Crippen LogP) is 4.15. The standard InChI is InChI=1S/C12H8ClF/c13-11-6-4-9(5-7-11)10-2-1-3-12(14)8-10/h1-8H. The van der Waals surface area contributed by atoms with Gasteiger partial charge in [0, 0.05) is 5.02 Å². The van der Waals surface area contributed by atoms with Crippen LogP contribution in [0.5, 0.6) is 0 Å². The molecule has 0 fully saturated rings. The number of hydrogen-bond acceptors (Lipinski definition) is 0. The van der Waals surface area contributed by atoms with E-state index < -0.39 is 0 Å². The third-order valence-corrected chi connectivity index (χ3v) is 2.25. The zero-order valence-corrected chi connectivity index (χ0v) is 8.13. The molecular formula is C12H8ClF. The molecular weight excluding hydrogens is 199 g/mol. The summed E-state index contributed by atoms with van der Waals surface area (Å²) in [6, 6.07) is 13.8. The zero-order chi connectivity index (χ0) is 9.97. The Bertz CT molecular complexity index is 434. The van der Waals surface area contributed by atoms with Crippen LogP contribution in [0, 0.1) is 5.82 Å². The van der Waals surface area contributed by atoms with Gasteiger partial charge in [-0.2, -0.15) is 0 Å². The Labute approximate surface area is 87.0 Å². The van der Waals surface area contributed by atoms with Crippen molar-refractivity contribution in [2.24, 2.45) is 0 Å². The van der Waals surface area contributed by atoms with Gasteiger partial charge >= 0.3 is 0 Å². The van der Waals surface area contributed by atoms with Gasteiger partial charge in [-0.25, -0.2) is 4.39 Å². The minimum atomic E-state index is -0.225. The lowest BCUT2D eigenvalue weighted by molar-refractivity contribution is 0.628. The van der Waals surface area contributed by atoms with Crippen LogP contribution in [0.25, 0.3) is 11.1 Å². The Balaban J connectivity index is 2.44.